The molecule has 0 radical (unpaired) electrons. The van der Waals surface area contributed by atoms with Gasteiger partial charge in [-0.2, -0.15) is 0 Å². The second kappa shape index (κ2) is 5.47. The third-order valence-electron chi connectivity index (χ3n) is 4.44. The molecule has 1 aromatic rings. The highest BCUT2D eigenvalue weighted by Crippen LogP contribution is 2.35. The van der Waals surface area contributed by atoms with E-state index >= 15 is 0 Å². The van der Waals surface area contributed by atoms with Gasteiger partial charge in [0.2, 0.25) is 5.91 Å². The third kappa shape index (κ3) is 2.30. The largest absolute Gasteiger partial charge is 0.340 e. The highest BCUT2D eigenvalue weighted by molar-refractivity contribution is 6.02. The van der Waals surface area contributed by atoms with E-state index in [2.05, 4.69) is 5.32 Å². The topological polar surface area (TPSA) is 49.4 Å². The van der Waals surface area contributed by atoms with Crippen molar-refractivity contribution in [1.82, 2.24) is 10.2 Å². The second-order valence-corrected chi connectivity index (χ2v) is 5.72. The summed E-state index contributed by atoms with van der Waals surface area (Å²) in [6.45, 7) is 4.41. The van der Waals surface area contributed by atoms with Crippen LogP contribution < -0.4 is 5.32 Å². The molecule has 2 amide bonds. The number of piperazine rings is 1. The van der Waals surface area contributed by atoms with Gasteiger partial charge in [0.1, 0.15) is 17.8 Å². The Kier molecular flexibility index (Phi) is 4.03. The lowest BCUT2D eigenvalue weighted by molar-refractivity contribution is -0.162. The van der Waals surface area contributed by atoms with Gasteiger partial charge in [0.15, 0.2) is 0 Å². The molecule has 2 unspecified atom stereocenters. The van der Waals surface area contributed by atoms with Crippen molar-refractivity contribution >= 4 is 11.8 Å². The number of alkyl halides is 1. The van der Waals surface area contributed by atoms with E-state index in [9.17, 15) is 14.0 Å². The van der Waals surface area contributed by atoms with Gasteiger partial charge in [0.25, 0.3) is 5.91 Å². The summed E-state index contributed by atoms with van der Waals surface area (Å²) in [4.78, 5) is 26.8. The summed E-state index contributed by atoms with van der Waals surface area (Å²) in [6, 6.07) is 9.02. The van der Waals surface area contributed by atoms with E-state index in [0.29, 0.717) is 12.0 Å². The maximum atomic E-state index is 13.0. The molecule has 1 saturated heterocycles. The smallest absolute Gasteiger partial charge is 0.251 e. The first-order valence-electron chi connectivity index (χ1n) is 7.16. The number of carbonyl (C=O) groups is 2. The maximum Gasteiger partial charge on any atom is 0.251 e. The molecule has 2 rings (SSSR count). The summed E-state index contributed by atoms with van der Waals surface area (Å²) in [5.41, 5.74) is -1.47. The number of carbonyl (C=O) groups excluding carboxylic acids is 2. The molecule has 0 spiro atoms. The van der Waals surface area contributed by atoms with E-state index in [1.807, 2.05) is 13.0 Å². The van der Waals surface area contributed by atoms with Crippen LogP contribution in [0.3, 0.4) is 0 Å². The molecule has 1 N–H and O–H groups in total. The van der Waals surface area contributed by atoms with Crippen LogP contribution in [0.5, 0.6) is 0 Å². The SMILES string of the molecule is CCC1(C)NC(=O)C(C)(c2ccccc2)N(CCF)C1=O. The summed E-state index contributed by atoms with van der Waals surface area (Å²) in [6.07, 6.45) is 0.464. The zero-order chi connectivity index (χ0) is 15.7. The number of halogens is 1. The van der Waals surface area contributed by atoms with Gasteiger partial charge in [-0.1, -0.05) is 37.3 Å². The van der Waals surface area contributed by atoms with Crippen molar-refractivity contribution in [2.75, 3.05) is 13.2 Å². The van der Waals surface area contributed by atoms with Crippen molar-refractivity contribution in [1.29, 1.82) is 0 Å². The summed E-state index contributed by atoms with van der Waals surface area (Å²) in [7, 11) is 0. The van der Waals surface area contributed by atoms with Crippen molar-refractivity contribution in [2.45, 2.75) is 38.3 Å². The van der Waals surface area contributed by atoms with Gasteiger partial charge >= 0.3 is 0 Å². The van der Waals surface area contributed by atoms with E-state index in [1.165, 1.54) is 4.90 Å². The number of nitrogens with one attached hydrogen (secondary N) is 1. The number of hydrogen-bond acceptors (Lipinski definition) is 2. The Morgan fingerprint density at radius 1 is 1.19 bits per heavy atom. The lowest BCUT2D eigenvalue weighted by Gasteiger charge is -2.50. The molecule has 0 aliphatic carbocycles. The highest BCUT2D eigenvalue weighted by Gasteiger charge is 2.54. The Hall–Kier alpha value is -1.91. The molecule has 1 aliphatic heterocycles. The highest BCUT2D eigenvalue weighted by atomic mass is 19.1. The molecule has 0 bridgehead atoms. The number of benzene rings is 1. The van der Waals surface area contributed by atoms with Crippen LogP contribution in [-0.4, -0.2) is 35.5 Å². The minimum atomic E-state index is -1.18. The lowest BCUT2D eigenvalue weighted by Crippen LogP contribution is -2.72. The minimum absolute atomic E-state index is 0.0900. The van der Waals surface area contributed by atoms with Gasteiger partial charge in [-0.25, -0.2) is 4.39 Å². The molecular weight excluding hydrogens is 271 g/mol. The fraction of sp³-hybridized carbons (Fsp3) is 0.500. The first-order valence-corrected chi connectivity index (χ1v) is 7.16. The molecule has 2 atom stereocenters. The standard InChI is InChI=1S/C16H21FN2O2/c1-4-15(2)14(21)19(11-10-17)16(3,13(20)18-15)12-8-6-5-7-9-12/h5-9H,4,10-11H2,1-3H3,(H,18,20). The van der Waals surface area contributed by atoms with Crippen LogP contribution in [0.4, 0.5) is 4.39 Å². The van der Waals surface area contributed by atoms with Crippen LogP contribution in [0.15, 0.2) is 30.3 Å². The van der Waals surface area contributed by atoms with Crippen LogP contribution in [0.25, 0.3) is 0 Å². The molecule has 0 aromatic heterocycles. The molecule has 1 aliphatic rings. The summed E-state index contributed by atoms with van der Waals surface area (Å²) < 4.78 is 13.0. The Labute approximate surface area is 124 Å². The maximum absolute atomic E-state index is 13.0. The van der Waals surface area contributed by atoms with Crippen LogP contribution in [-0.2, 0) is 15.1 Å². The van der Waals surface area contributed by atoms with Gasteiger partial charge < -0.3 is 10.2 Å². The van der Waals surface area contributed by atoms with Gasteiger partial charge in [0.05, 0.1) is 6.54 Å². The normalized spacial score (nSPS) is 29.4. The van der Waals surface area contributed by atoms with Gasteiger partial charge in [-0.05, 0) is 25.8 Å². The predicted octanol–water partition coefficient (Wildman–Crippen LogP) is 2.00. The van der Waals surface area contributed by atoms with Crippen LogP contribution in [0, 0.1) is 0 Å². The molecule has 1 aromatic carbocycles. The summed E-state index contributed by atoms with van der Waals surface area (Å²) >= 11 is 0. The molecule has 1 heterocycles. The Morgan fingerprint density at radius 3 is 2.33 bits per heavy atom. The van der Waals surface area contributed by atoms with Crippen LogP contribution in [0.1, 0.15) is 32.8 Å². The summed E-state index contributed by atoms with van der Waals surface area (Å²) in [5, 5.41) is 2.82. The van der Waals surface area contributed by atoms with Crippen LogP contribution >= 0.6 is 0 Å². The van der Waals surface area contributed by atoms with Crippen molar-refractivity contribution in [3.63, 3.8) is 0 Å². The first kappa shape index (κ1) is 15.5. The van der Waals surface area contributed by atoms with Gasteiger partial charge in [-0.15, -0.1) is 0 Å². The molecule has 4 nitrogen and oxygen atoms in total. The quantitative estimate of drug-likeness (QED) is 0.922. The third-order valence-corrected chi connectivity index (χ3v) is 4.44. The van der Waals surface area contributed by atoms with E-state index in [0.717, 1.165) is 0 Å². The average Bonchev–Trinajstić information content (AvgIpc) is 2.50. The second-order valence-electron chi connectivity index (χ2n) is 5.72. The predicted molar refractivity (Wildman–Crippen MR) is 78.3 cm³/mol. The zero-order valence-corrected chi connectivity index (χ0v) is 12.6. The number of hydrogen-bond donors (Lipinski definition) is 1. The Morgan fingerprint density at radius 2 is 1.81 bits per heavy atom. The van der Waals surface area contributed by atoms with Crippen molar-refractivity contribution in [2.24, 2.45) is 0 Å². The number of rotatable bonds is 4. The van der Waals surface area contributed by atoms with Crippen molar-refractivity contribution in [3.05, 3.63) is 35.9 Å². The number of amides is 2. The molecule has 21 heavy (non-hydrogen) atoms. The minimum Gasteiger partial charge on any atom is -0.340 e. The summed E-state index contributed by atoms with van der Waals surface area (Å²) in [5.74, 6) is -0.514. The molecule has 1 fully saturated rings. The number of nitrogens with zero attached hydrogens (tertiary/aromatic N) is 1. The Balaban J connectivity index is 2.54. The van der Waals surface area contributed by atoms with Gasteiger partial charge in [0, 0.05) is 0 Å². The van der Waals surface area contributed by atoms with E-state index in [1.54, 1.807) is 38.1 Å². The molecule has 5 heteroatoms. The molecule has 0 saturated carbocycles. The molecular formula is C16H21FN2O2. The van der Waals surface area contributed by atoms with Crippen molar-refractivity contribution < 1.29 is 14.0 Å². The zero-order valence-electron chi connectivity index (χ0n) is 12.6. The lowest BCUT2D eigenvalue weighted by atomic mass is 9.81. The Bertz CT molecular complexity index is 548. The fourth-order valence-electron chi connectivity index (χ4n) is 2.75. The van der Waals surface area contributed by atoms with E-state index in [4.69, 9.17) is 0 Å². The fourth-order valence-corrected chi connectivity index (χ4v) is 2.75. The molecule has 114 valence electrons. The van der Waals surface area contributed by atoms with E-state index < -0.39 is 17.8 Å². The first-order chi connectivity index (χ1) is 9.90. The van der Waals surface area contributed by atoms with Crippen molar-refractivity contribution in [3.8, 4) is 0 Å². The average molecular weight is 292 g/mol. The van der Waals surface area contributed by atoms with Gasteiger partial charge in [-0.3, -0.25) is 9.59 Å². The van der Waals surface area contributed by atoms with E-state index in [-0.39, 0.29) is 18.4 Å². The van der Waals surface area contributed by atoms with Crippen LogP contribution in [0.2, 0.25) is 0 Å². The monoisotopic (exact) mass is 292 g/mol.